The Hall–Kier alpha value is -2.82. The maximum atomic E-state index is 11.8. The fourth-order valence-electron chi connectivity index (χ4n) is 2.02. The number of hydrogen-bond acceptors (Lipinski definition) is 3. The second-order valence-electron chi connectivity index (χ2n) is 4.99. The van der Waals surface area contributed by atoms with Crippen molar-refractivity contribution in [3.63, 3.8) is 0 Å². The summed E-state index contributed by atoms with van der Waals surface area (Å²) in [4.78, 5) is 23.4. The van der Waals surface area contributed by atoms with Crippen LogP contribution in [0.25, 0.3) is 6.08 Å². The number of carbonyl (C=O) groups is 2. The molecule has 0 radical (unpaired) electrons. The quantitative estimate of drug-likeness (QED) is 0.834. The van der Waals surface area contributed by atoms with Gasteiger partial charge in [0.1, 0.15) is 5.76 Å². The highest BCUT2D eigenvalue weighted by atomic mass is 16.3. The van der Waals surface area contributed by atoms with Crippen molar-refractivity contribution in [3.8, 4) is 0 Å². The van der Waals surface area contributed by atoms with Gasteiger partial charge in [-0.1, -0.05) is 6.07 Å². The van der Waals surface area contributed by atoms with E-state index >= 15 is 0 Å². The van der Waals surface area contributed by atoms with E-state index in [0.29, 0.717) is 5.76 Å². The molecular weight excluding hydrogens is 280 g/mol. The number of furan rings is 1. The maximum Gasteiger partial charge on any atom is 0.244 e. The summed E-state index contributed by atoms with van der Waals surface area (Å²) in [6.45, 7) is 3.84. The molecular formula is C17H18N2O3. The first-order valence-electron chi connectivity index (χ1n) is 6.90. The van der Waals surface area contributed by atoms with E-state index in [1.54, 1.807) is 12.1 Å². The molecule has 0 aliphatic heterocycles. The summed E-state index contributed by atoms with van der Waals surface area (Å²) in [7, 11) is 0. The molecule has 0 saturated carbocycles. The Balaban J connectivity index is 1.81. The minimum absolute atomic E-state index is 0.0890. The number of aryl methyl sites for hydroxylation is 2. The molecule has 2 rings (SSSR count). The third-order valence-electron chi connectivity index (χ3n) is 2.87. The zero-order valence-electron chi connectivity index (χ0n) is 12.6. The lowest BCUT2D eigenvalue weighted by molar-refractivity contribution is -0.121. The SMILES string of the molecule is Cc1cc(C)cc(NC(=O)CNC(=O)C=Cc2ccco2)c1. The third-order valence-corrected chi connectivity index (χ3v) is 2.87. The van der Waals surface area contributed by atoms with E-state index < -0.39 is 0 Å². The van der Waals surface area contributed by atoms with Crippen LogP contribution in [0.1, 0.15) is 16.9 Å². The van der Waals surface area contributed by atoms with Crippen molar-refractivity contribution in [2.75, 3.05) is 11.9 Å². The maximum absolute atomic E-state index is 11.8. The zero-order valence-corrected chi connectivity index (χ0v) is 12.6. The van der Waals surface area contributed by atoms with Crippen molar-refractivity contribution >= 4 is 23.6 Å². The predicted octanol–water partition coefficient (Wildman–Crippen LogP) is 2.66. The van der Waals surface area contributed by atoms with E-state index in [-0.39, 0.29) is 18.4 Å². The van der Waals surface area contributed by atoms with Gasteiger partial charge in [-0.2, -0.15) is 0 Å². The molecule has 2 amide bonds. The molecule has 0 bridgehead atoms. The topological polar surface area (TPSA) is 71.3 Å². The van der Waals surface area contributed by atoms with Crippen LogP contribution in [0.4, 0.5) is 5.69 Å². The first kappa shape index (κ1) is 15.6. The van der Waals surface area contributed by atoms with Gasteiger partial charge in [-0.05, 0) is 55.3 Å². The fourth-order valence-corrected chi connectivity index (χ4v) is 2.02. The molecule has 2 aromatic rings. The van der Waals surface area contributed by atoms with Crippen LogP contribution in [0.2, 0.25) is 0 Å². The summed E-state index contributed by atoms with van der Waals surface area (Å²) in [6.07, 6.45) is 4.38. The highest BCUT2D eigenvalue weighted by Crippen LogP contribution is 2.13. The van der Waals surface area contributed by atoms with E-state index in [1.807, 2.05) is 32.0 Å². The van der Waals surface area contributed by atoms with Crippen molar-refractivity contribution in [3.05, 3.63) is 59.6 Å². The molecule has 2 N–H and O–H groups in total. The third kappa shape index (κ3) is 4.94. The van der Waals surface area contributed by atoms with Gasteiger partial charge in [0, 0.05) is 11.8 Å². The molecule has 22 heavy (non-hydrogen) atoms. The number of anilines is 1. The summed E-state index contributed by atoms with van der Waals surface area (Å²) in [5.74, 6) is -0.0495. The second-order valence-corrected chi connectivity index (χ2v) is 4.99. The van der Waals surface area contributed by atoms with Gasteiger partial charge in [0.05, 0.1) is 12.8 Å². The van der Waals surface area contributed by atoms with E-state index in [1.165, 1.54) is 18.4 Å². The van der Waals surface area contributed by atoms with Gasteiger partial charge in [0.2, 0.25) is 11.8 Å². The molecule has 5 heteroatoms. The van der Waals surface area contributed by atoms with E-state index in [4.69, 9.17) is 4.42 Å². The van der Waals surface area contributed by atoms with E-state index in [9.17, 15) is 9.59 Å². The average Bonchev–Trinajstić information content (AvgIpc) is 2.95. The van der Waals surface area contributed by atoms with Crippen LogP contribution < -0.4 is 10.6 Å². The average molecular weight is 298 g/mol. The Bertz CT molecular complexity index is 668. The van der Waals surface area contributed by atoms with Crippen LogP contribution in [0.3, 0.4) is 0 Å². The van der Waals surface area contributed by atoms with Crippen molar-refractivity contribution in [2.45, 2.75) is 13.8 Å². The first-order chi connectivity index (χ1) is 10.5. The molecule has 1 aromatic heterocycles. The normalized spacial score (nSPS) is 10.6. The number of amides is 2. The smallest absolute Gasteiger partial charge is 0.244 e. The van der Waals surface area contributed by atoms with Crippen LogP contribution in [0.15, 0.2) is 47.1 Å². The molecule has 0 fully saturated rings. The molecule has 1 aromatic carbocycles. The molecule has 0 aliphatic rings. The molecule has 114 valence electrons. The lowest BCUT2D eigenvalue weighted by Crippen LogP contribution is -2.31. The molecule has 0 spiro atoms. The monoisotopic (exact) mass is 298 g/mol. The standard InChI is InChI=1S/C17H18N2O3/c1-12-8-13(2)10-14(9-12)19-17(21)11-18-16(20)6-5-15-4-3-7-22-15/h3-10H,11H2,1-2H3,(H,18,20)(H,19,21). The molecule has 0 atom stereocenters. The summed E-state index contributed by atoms with van der Waals surface area (Å²) in [5.41, 5.74) is 2.87. The minimum Gasteiger partial charge on any atom is -0.465 e. The summed E-state index contributed by atoms with van der Waals surface area (Å²) in [5, 5.41) is 5.27. The zero-order chi connectivity index (χ0) is 15.9. The van der Waals surface area contributed by atoms with Gasteiger partial charge in [-0.25, -0.2) is 0 Å². The van der Waals surface area contributed by atoms with Crippen LogP contribution in [-0.4, -0.2) is 18.4 Å². The second kappa shape index (κ2) is 7.26. The molecule has 0 unspecified atom stereocenters. The Labute approximate surface area is 129 Å². The summed E-state index contributed by atoms with van der Waals surface area (Å²) >= 11 is 0. The number of nitrogens with one attached hydrogen (secondary N) is 2. The van der Waals surface area contributed by atoms with Gasteiger partial charge in [-0.3, -0.25) is 9.59 Å². The molecule has 0 saturated heterocycles. The van der Waals surface area contributed by atoms with Crippen LogP contribution in [0, 0.1) is 13.8 Å². The number of hydrogen-bond donors (Lipinski definition) is 2. The summed E-state index contributed by atoms with van der Waals surface area (Å²) < 4.78 is 5.06. The Morgan fingerprint density at radius 3 is 2.55 bits per heavy atom. The van der Waals surface area contributed by atoms with Crippen molar-refractivity contribution in [1.82, 2.24) is 5.32 Å². The first-order valence-corrected chi connectivity index (χ1v) is 6.90. The number of carbonyl (C=O) groups excluding carboxylic acids is 2. The predicted molar refractivity (Wildman–Crippen MR) is 85.3 cm³/mol. The number of rotatable bonds is 5. The fraction of sp³-hybridized carbons (Fsp3) is 0.176. The van der Waals surface area contributed by atoms with E-state index in [0.717, 1.165) is 16.8 Å². The van der Waals surface area contributed by atoms with Crippen LogP contribution >= 0.6 is 0 Å². The Morgan fingerprint density at radius 2 is 1.91 bits per heavy atom. The Morgan fingerprint density at radius 1 is 1.18 bits per heavy atom. The lowest BCUT2D eigenvalue weighted by Gasteiger charge is -2.07. The van der Waals surface area contributed by atoms with Gasteiger partial charge in [-0.15, -0.1) is 0 Å². The van der Waals surface area contributed by atoms with Crippen molar-refractivity contribution in [2.24, 2.45) is 0 Å². The van der Waals surface area contributed by atoms with Crippen LogP contribution in [0.5, 0.6) is 0 Å². The molecule has 5 nitrogen and oxygen atoms in total. The summed E-state index contributed by atoms with van der Waals surface area (Å²) in [6, 6.07) is 9.25. The van der Waals surface area contributed by atoms with Crippen LogP contribution in [-0.2, 0) is 9.59 Å². The van der Waals surface area contributed by atoms with Crippen molar-refractivity contribution in [1.29, 1.82) is 0 Å². The molecule has 0 aliphatic carbocycles. The van der Waals surface area contributed by atoms with Gasteiger partial charge < -0.3 is 15.1 Å². The number of benzene rings is 1. The van der Waals surface area contributed by atoms with Gasteiger partial charge in [0.25, 0.3) is 0 Å². The highest BCUT2D eigenvalue weighted by molar-refractivity contribution is 5.97. The van der Waals surface area contributed by atoms with E-state index in [2.05, 4.69) is 10.6 Å². The molecule has 1 heterocycles. The van der Waals surface area contributed by atoms with Gasteiger partial charge in [0.15, 0.2) is 0 Å². The Kier molecular flexibility index (Phi) is 5.14. The minimum atomic E-state index is -0.355. The van der Waals surface area contributed by atoms with Crippen molar-refractivity contribution < 1.29 is 14.0 Å². The largest absolute Gasteiger partial charge is 0.465 e. The lowest BCUT2D eigenvalue weighted by atomic mass is 10.1. The van der Waals surface area contributed by atoms with Gasteiger partial charge >= 0.3 is 0 Å². The highest BCUT2D eigenvalue weighted by Gasteiger charge is 2.05.